The molecule has 0 aromatic rings. The Morgan fingerprint density at radius 1 is 1.15 bits per heavy atom. The number of rotatable bonds is 8. The summed E-state index contributed by atoms with van der Waals surface area (Å²) in [5.41, 5.74) is 0. The first-order chi connectivity index (χ1) is 6.18. The van der Waals surface area contributed by atoms with Crippen LogP contribution in [0.3, 0.4) is 0 Å². The van der Waals surface area contributed by atoms with Gasteiger partial charge in [-0.1, -0.05) is 15.9 Å². The Labute approximate surface area is 96.7 Å². The van der Waals surface area contributed by atoms with Gasteiger partial charge in [0, 0.05) is 17.1 Å². The van der Waals surface area contributed by atoms with Gasteiger partial charge in [-0.3, -0.25) is 4.57 Å². The summed E-state index contributed by atoms with van der Waals surface area (Å²) in [6.07, 6.45) is 0.334. The normalized spacial score (nSPS) is 11.9. The van der Waals surface area contributed by atoms with Crippen LogP contribution >= 0.6 is 46.7 Å². The molecule has 0 fully saturated rings. The van der Waals surface area contributed by atoms with Crippen LogP contribution < -0.4 is 0 Å². The fourth-order valence-corrected chi connectivity index (χ4v) is 3.57. The van der Waals surface area contributed by atoms with Crippen molar-refractivity contribution in [3.8, 4) is 0 Å². The van der Waals surface area contributed by atoms with Crippen LogP contribution in [0.4, 0.5) is 0 Å². The highest BCUT2D eigenvalue weighted by Gasteiger charge is 2.22. The molecule has 0 rings (SSSR count). The smallest absolute Gasteiger partial charge is 0.307 e. The van der Waals surface area contributed by atoms with Gasteiger partial charge in [0.2, 0.25) is 0 Å². The molecular weight excluding hydrogens is 302 g/mol. The minimum atomic E-state index is -2.97. The van der Waals surface area contributed by atoms with Crippen molar-refractivity contribution >= 4 is 46.7 Å². The molecule has 0 bridgehead atoms. The summed E-state index contributed by atoms with van der Waals surface area (Å²) in [5, 5.41) is 0.564. The average molecular weight is 314 g/mol. The minimum Gasteiger partial charge on any atom is -0.307 e. The molecule has 0 aliphatic rings. The van der Waals surface area contributed by atoms with Crippen LogP contribution in [0.2, 0.25) is 0 Å². The SMILES string of the molecule is O=P(CCBr)(OCCCl)OCCCl. The first-order valence-corrected chi connectivity index (χ1v) is 7.66. The summed E-state index contributed by atoms with van der Waals surface area (Å²) in [7, 11) is -2.97. The molecule has 0 radical (unpaired) electrons. The van der Waals surface area contributed by atoms with Gasteiger partial charge in [-0.2, -0.15) is 0 Å². The van der Waals surface area contributed by atoms with E-state index in [9.17, 15) is 4.57 Å². The standard InChI is InChI=1S/C6H12BrCl2O3P/c7-1-6-13(10,11-4-2-8)12-5-3-9/h1-6H2. The summed E-state index contributed by atoms with van der Waals surface area (Å²) >= 11 is 14.0. The van der Waals surface area contributed by atoms with E-state index >= 15 is 0 Å². The second-order valence-corrected chi connectivity index (χ2v) is 5.80. The number of hydrogen-bond donors (Lipinski definition) is 0. The van der Waals surface area contributed by atoms with Crippen LogP contribution in [-0.2, 0) is 13.6 Å². The van der Waals surface area contributed by atoms with Crippen LogP contribution in [0.15, 0.2) is 0 Å². The number of hydrogen-bond acceptors (Lipinski definition) is 3. The first kappa shape index (κ1) is 14.2. The molecule has 0 amide bonds. The Balaban J connectivity index is 3.92. The van der Waals surface area contributed by atoms with Gasteiger partial charge in [-0.25, -0.2) is 0 Å². The molecule has 0 atom stereocenters. The Morgan fingerprint density at radius 3 is 1.92 bits per heavy atom. The molecule has 0 saturated carbocycles. The second-order valence-electron chi connectivity index (χ2n) is 2.07. The van der Waals surface area contributed by atoms with Gasteiger partial charge < -0.3 is 9.05 Å². The van der Waals surface area contributed by atoms with E-state index in [0.29, 0.717) is 23.3 Å². The van der Waals surface area contributed by atoms with E-state index in [4.69, 9.17) is 32.2 Å². The van der Waals surface area contributed by atoms with Gasteiger partial charge in [-0.05, 0) is 0 Å². The highest BCUT2D eigenvalue weighted by Crippen LogP contribution is 2.48. The molecule has 0 N–H and O–H groups in total. The van der Waals surface area contributed by atoms with Crippen LogP contribution in [0.25, 0.3) is 0 Å². The largest absolute Gasteiger partial charge is 0.331 e. The molecule has 3 nitrogen and oxygen atoms in total. The molecule has 0 saturated heterocycles. The highest BCUT2D eigenvalue weighted by atomic mass is 79.9. The fraction of sp³-hybridized carbons (Fsp3) is 1.00. The lowest BCUT2D eigenvalue weighted by Crippen LogP contribution is -2.04. The van der Waals surface area contributed by atoms with Crippen LogP contribution in [0.5, 0.6) is 0 Å². The third kappa shape index (κ3) is 7.18. The van der Waals surface area contributed by atoms with E-state index in [1.54, 1.807) is 0 Å². The lowest BCUT2D eigenvalue weighted by Gasteiger charge is -2.16. The zero-order valence-electron chi connectivity index (χ0n) is 7.05. The van der Waals surface area contributed by atoms with E-state index < -0.39 is 7.60 Å². The van der Waals surface area contributed by atoms with Crippen molar-refractivity contribution in [3.63, 3.8) is 0 Å². The van der Waals surface area contributed by atoms with Crippen LogP contribution in [-0.4, -0.2) is 36.5 Å². The average Bonchev–Trinajstić information content (AvgIpc) is 2.12. The first-order valence-electron chi connectivity index (χ1n) is 3.74. The maximum Gasteiger partial charge on any atom is 0.331 e. The molecule has 13 heavy (non-hydrogen) atoms. The lowest BCUT2D eigenvalue weighted by atomic mass is 10.9. The Bertz CT molecular complexity index is 158. The summed E-state index contributed by atoms with van der Waals surface area (Å²) in [6, 6.07) is 0. The van der Waals surface area contributed by atoms with Gasteiger partial charge in [0.15, 0.2) is 0 Å². The predicted molar refractivity (Wildman–Crippen MR) is 59.6 cm³/mol. The Morgan fingerprint density at radius 2 is 1.62 bits per heavy atom. The summed E-state index contributed by atoms with van der Waals surface area (Å²) in [5.74, 6) is 0.604. The van der Waals surface area contributed by atoms with Gasteiger partial charge in [0.1, 0.15) is 0 Å². The maximum absolute atomic E-state index is 11.7. The zero-order valence-corrected chi connectivity index (χ0v) is 11.0. The van der Waals surface area contributed by atoms with Crippen molar-refractivity contribution in [1.29, 1.82) is 0 Å². The summed E-state index contributed by atoms with van der Waals surface area (Å²) < 4.78 is 21.8. The molecule has 0 spiro atoms. The third-order valence-electron chi connectivity index (χ3n) is 1.09. The van der Waals surface area contributed by atoms with Crippen LogP contribution in [0.1, 0.15) is 0 Å². The number of alkyl halides is 3. The third-order valence-corrected chi connectivity index (χ3v) is 4.33. The Kier molecular flexibility index (Phi) is 9.31. The van der Waals surface area contributed by atoms with E-state index in [2.05, 4.69) is 15.9 Å². The quantitative estimate of drug-likeness (QED) is 0.510. The molecule has 0 aliphatic heterocycles. The fourth-order valence-electron chi connectivity index (χ4n) is 0.617. The Hall–Kier alpha value is 1.21. The predicted octanol–water partition coefficient (Wildman–Crippen LogP) is 3.09. The molecule has 80 valence electrons. The highest BCUT2D eigenvalue weighted by molar-refractivity contribution is 9.09. The molecule has 0 aromatic carbocycles. The topological polar surface area (TPSA) is 35.5 Å². The summed E-state index contributed by atoms with van der Waals surface area (Å²) in [6.45, 7) is 0.461. The van der Waals surface area contributed by atoms with Crippen molar-refractivity contribution in [2.24, 2.45) is 0 Å². The van der Waals surface area contributed by atoms with Crippen molar-refractivity contribution in [1.82, 2.24) is 0 Å². The van der Waals surface area contributed by atoms with Gasteiger partial charge in [0.25, 0.3) is 0 Å². The van der Waals surface area contributed by atoms with E-state index in [1.165, 1.54) is 0 Å². The van der Waals surface area contributed by atoms with E-state index in [1.807, 2.05) is 0 Å². The van der Waals surface area contributed by atoms with Crippen LogP contribution in [0, 0.1) is 0 Å². The molecular formula is C6H12BrCl2O3P. The van der Waals surface area contributed by atoms with Gasteiger partial charge in [0.05, 0.1) is 19.4 Å². The zero-order chi connectivity index (χ0) is 10.2. The molecule has 7 heteroatoms. The summed E-state index contributed by atoms with van der Waals surface area (Å²) in [4.78, 5) is 0. The second kappa shape index (κ2) is 8.51. The molecule has 0 unspecified atom stereocenters. The van der Waals surface area contributed by atoms with Gasteiger partial charge in [-0.15, -0.1) is 23.2 Å². The van der Waals surface area contributed by atoms with Gasteiger partial charge >= 0.3 is 7.60 Å². The molecule has 0 aromatic heterocycles. The number of halogens is 3. The van der Waals surface area contributed by atoms with Crippen molar-refractivity contribution in [2.75, 3.05) is 36.5 Å². The molecule has 0 aliphatic carbocycles. The maximum atomic E-state index is 11.7. The van der Waals surface area contributed by atoms with Crippen molar-refractivity contribution in [3.05, 3.63) is 0 Å². The molecule has 0 heterocycles. The van der Waals surface area contributed by atoms with Crippen molar-refractivity contribution in [2.45, 2.75) is 0 Å². The monoisotopic (exact) mass is 312 g/mol. The van der Waals surface area contributed by atoms with E-state index in [0.717, 1.165) is 0 Å². The lowest BCUT2D eigenvalue weighted by molar-refractivity contribution is 0.223. The van der Waals surface area contributed by atoms with E-state index in [-0.39, 0.29) is 13.2 Å². The minimum absolute atomic E-state index is 0.230. The van der Waals surface area contributed by atoms with Crippen molar-refractivity contribution < 1.29 is 13.6 Å².